The van der Waals surface area contributed by atoms with Gasteiger partial charge in [-0.05, 0) is 45.1 Å². The zero-order valence-corrected chi connectivity index (χ0v) is 13.5. The molecule has 0 aliphatic rings. The number of amides is 1. The lowest BCUT2D eigenvalue weighted by Gasteiger charge is -2.24. The lowest BCUT2D eigenvalue weighted by Crippen LogP contribution is -2.40. The van der Waals surface area contributed by atoms with Gasteiger partial charge in [-0.15, -0.1) is 0 Å². The van der Waals surface area contributed by atoms with E-state index in [9.17, 15) is 4.79 Å². The van der Waals surface area contributed by atoms with Crippen molar-refractivity contribution in [3.05, 3.63) is 18.2 Å². The number of ether oxygens (including phenoxy) is 1. The van der Waals surface area contributed by atoms with E-state index in [1.165, 1.54) is 12.8 Å². The smallest absolute Gasteiger partial charge is 0.241 e. The average Bonchev–Trinajstić information content (AvgIpc) is 2.46. The Morgan fingerprint density at radius 3 is 2.76 bits per heavy atom. The van der Waals surface area contributed by atoms with Crippen LogP contribution in [0.2, 0.25) is 0 Å². The molecule has 5 nitrogen and oxygen atoms in total. The van der Waals surface area contributed by atoms with E-state index in [2.05, 4.69) is 17.1 Å². The van der Waals surface area contributed by atoms with E-state index in [0.717, 1.165) is 13.0 Å². The van der Waals surface area contributed by atoms with Crippen molar-refractivity contribution in [3.8, 4) is 5.75 Å². The summed E-state index contributed by atoms with van der Waals surface area (Å²) in [6.45, 7) is 4.98. The molecule has 5 heteroatoms. The molecule has 0 fully saturated rings. The third-order valence-corrected chi connectivity index (χ3v) is 3.64. The molecular weight excluding hydrogens is 266 g/mol. The molecule has 1 aromatic carbocycles. The van der Waals surface area contributed by atoms with E-state index >= 15 is 0 Å². The molecule has 0 aliphatic heterocycles. The molecule has 1 aromatic rings. The summed E-state index contributed by atoms with van der Waals surface area (Å²) >= 11 is 0. The van der Waals surface area contributed by atoms with Crippen LogP contribution in [0.1, 0.15) is 33.1 Å². The Labute approximate surface area is 127 Å². The van der Waals surface area contributed by atoms with Crippen LogP contribution in [-0.2, 0) is 4.79 Å². The van der Waals surface area contributed by atoms with E-state index in [4.69, 9.17) is 10.5 Å². The van der Waals surface area contributed by atoms with Crippen LogP contribution in [0.3, 0.4) is 0 Å². The van der Waals surface area contributed by atoms with Gasteiger partial charge in [0.15, 0.2) is 0 Å². The lowest BCUT2D eigenvalue weighted by molar-refractivity contribution is -0.120. The van der Waals surface area contributed by atoms with Crippen molar-refractivity contribution in [2.75, 3.05) is 31.8 Å². The first kappa shape index (κ1) is 17.3. The topological polar surface area (TPSA) is 67.6 Å². The van der Waals surface area contributed by atoms with Gasteiger partial charge in [0.2, 0.25) is 5.91 Å². The molecule has 0 spiro atoms. The van der Waals surface area contributed by atoms with Crippen LogP contribution in [-0.4, -0.2) is 37.6 Å². The van der Waals surface area contributed by atoms with Crippen molar-refractivity contribution in [1.82, 2.24) is 4.90 Å². The molecule has 0 aromatic heterocycles. The predicted octanol–water partition coefficient (Wildman–Crippen LogP) is 2.73. The van der Waals surface area contributed by atoms with Crippen LogP contribution in [0.15, 0.2) is 18.2 Å². The lowest BCUT2D eigenvalue weighted by atomic mass is 10.2. The summed E-state index contributed by atoms with van der Waals surface area (Å²) in [7, 11) is 3.54. The summed E-state index contributed by atoms with van der Waals surface area (Å²) < 4.78 is 5.24. The number of likely N-dealkylation sites (N-methyl/N-ethyl adjacent to an activating group) is 1. The molecule has 0 aliphatic carbocycles. The summed E-state index contributed by atoms with van der Waals surface area (Å²) in [6, 6.07) is 5.00. The van der Waals surface area contributed by atoms with E-state index in [-0.39, 0.29) is 11.9 Å². The summed E-state index contributed by atoms with van der Waals surface area (Å²) in [5.41, 5.74) is 6.96. The second kappa shape index (κ2) is 8.52. The molecular formula is C16H27N3O2. The van der Waals surface area contributed by atoms with Crippen LogP contribution in [0.25, 0.3) is 0 Å². The average molecular weight is 293 g/mol. The first-order chi connectivity index (χ1) is 9.99. The van der Waals surface area contributed by atoms with Crippen molar-refractivity contribution in [1.29, 1.82) is 0 Å². The maximum Gasteiger partial charge on any atom is 0.241 e. The molecule has 0 heterocycles. The number of hydrogen-bond donors (Lipinski definition) is 2. The van der Waals surface area contributed by atoms with Crippen molar-refractivity contribution in [2.45, 2.75) is 39.2 Å². The predicted molar refractivity (Wildman–Crippen MR) is 87.7 cm³/mol. The van der Waals surface area contributed by atoms with Gasteiger partial charge in [0.1, 0.15) is 5.75 Å². The van der Waals surface area contributed by atoms with Gasteiger partial charge in [0.05, 0.1) is 18.8 Å². The van der Waals surface area contributed by atoms with Gasteiger partial charge in [-0.2, -0.15) is 0 Å². The second-order valence-corrected chi connectivity index (χ2v) is 5.31. The number of nitrogens with one attached hydrogen (secondary N) is 1. The number of methoxy groups -OCH3 is 1. The fourth-order valence-electron chi connectivity index (χ4n) is 2.07. The summed E-state index contributed by atoms with van der Waals surface area (Å²) in [5.74, 6) is 0.552. The molecule has 1 rings (SSSR count). The first-order valence-electron chi connectivity index (χ1n) is 7.44. The van der Waals surface area contributed by atoms with E-state index in [0.29, 0.717) is 17.1 Å². The maximum absolute atomic E-state index is 12.3. The highest BCUT2D eigenvalue weighted by Gasteiger charge is 2.19. The Morgan fingerprint density at radius 1 is 1.43 bits per heavy atom. The van der Waals surface area contributed by atoms with Gasteiger partial charge < -0.3 is 15.8 Å². The van der Waals surface area contributed by atoms with Gasteiger partial charge >= 0.3 is 0 Å². The Hall–Kier alpha value is -1.75. The van der Waals surface area contributed by atoms with Crippen LogP contribution >= 0.6 is 0 Å². The van der Waals surface area contributed by atoms with Crippen LogP contribution in [0.4, 0.5) is 11.4 Å². The normalized spacial score (nSPS) is 12.2. The van der Waals surface area contributed by atoms with Gasteiger partial charge in [-0.3, -0.25) is 9.69 Å². The van der Waals surface area contributed by atoms with Crippen molar-refractivity contribution in [2.24, 2.45) is 0 Å². The number of nitrogens with zero attached hydrogens (tertiary/aromatic N) is 1. The minimum atomic E-state index is -0.201. The van der Waals surface area contributed by atoms with Crippen LogP contribution in [0, 0.1) is 0 Å². The zero-order valence-electron chi connectivity index (χ0n) is 13.5. The fraction of sp³-hybridized carbons (Fsp3) is 0.562. The first-order valence-corrected chi connectivity index (χ1v) is 7.44. The standard InChI is InChI=1S/C16H27N3O2/c1-5-6-7-10-19(3)12(2)16(20)18-14-11-13(17)8-9-15(14)21-4/h8-9,11-12H,5-7,10,17H2,1-4H3,(H,18,20). The molecule has 0 saturated heterocycles. The second-order valence-electron chi connectivity index (χ2n) is 5.31. The number of nitrogen functional groups attached to an aromatic ring is 1. The Morgan fingerprint density at radius 2 is 2.14 bits per heavy atom. The molecule has 0 bridgehead atoms. The summed E-state index contributed by atoms with van der Waals surface area (Å²) in [5, 5.41) is 2.89. The molecule has 1 atom stereocenters. The molecule has 3 N–H and O–H groups in total. The molecule has 1 amide bonds. The largest absolute Gasteiger partial charge is 0.495 e. The van der Waals surface area contributed by atoms with Gasteiger partial charge in [-0.25, -0.2) is 0 Å². The minimum Gasteiger partial charge on any atom is -0.495 e. The highest BCUT2D eigenvalue weighted by molar-refractivity contribution is 5.96. The van der Waals surface area contributed by atoms with Crippen LogP contribution in [0.5, 0.6) is 5.75 Å². The highest BCUT2D eigenvalue weighted by Crippen LogP contribution is 2.26. The SMILES string of the molecule is CCCCCN(C)C(C)C(=O)Nc1cc(N)ccc1OC. The third-order valence-electron chi connectivity index (χ3n) is 3.64. The summed E-state index contributed by atoms with van der Waals surface area (Å²) in [4.78, 5) is 14.4. The van der Waals surface area contributed by atoms with Gasteiger partial charge in [-0.1, -0.05) is 19.8 Å². The maximum atomic E-state index is 12.3. The number of rotatable bonds is 8. The fourth-order valence-corrected chi connectivity index (χ4v) is 2.07. The summed E-state index contributed by atoms with van der Waals surface area (Å²) in [6.07, 6.45) is 3.46. The number of carbonyl (C=O) groups is 1. The molecule has 21 heavy (non-hydrogen) atoms. The Kier molecular flexibility index (Phi) is 7.02. The van der Waals surface area contributed by atoms with Gasteiger partial charge in [0.25, 0.3) is 0 Å². The third kappa shape index (κ3) is 5.27. The quantitative estimate of drug-likeness (QED) is 0.571. The van der Waals surface area contributed by atoms with E-state index < -0.39 is 0 Å². The Bertz CT molecular complexity index is 463. The number of benzene rings is 1. The number of nitrogens with two attached hydrogens (primary N) is 1. The molecule has 1 unspecified atom stereocenters. The Balaban J connectivity index is 2.65. The number of unbranched alkanes of at least 4 members (excludes halogenated alkanes) is 2. The van der Waals surface area contributed by atoms with Crippen LogP contribution < -0.4 is 15.8 Å². The highest BCUT2D eigenvalue weighted by atomic mass is 16.5. The molecule has 0 radical (unpaired) electrons. The molecule has 0 saturated carbocycles. The number of anilines is 2. The van der Waals surface area contributed by atoms with Crippen molar-refractivity contribution in [3.63, 3.8) is 0 Å². The van der Waals surface area contributed by atoms with E-state index in [1.54, 1.807) is 25.3 Å². The minimum absolute atomic E-state index is 0.0575. The zero-order chi connectivity index (χ0) is 15.8. The van der Waals surface area contributed by atoms with Crippen molar-refractivity contribution >= 4 is 17.3 Å². The van der Waals surface area contributed by atoms with Crippen molar-refractivity contribution < 1.29 is 9.53 Å². The van der Waals surface area contributed by atoms with E-state index in [1.807, 2.05) is 14.0 Å². The molecule has 118 valence electrons. The van der Waals surface area contributed by atoms with Gasteiger partial charge in [0, 0.05) is 5.69 Å². The monoisotopic (exact) mass is 293 g/mol. The number of carbonyl (C=O) groups excluding carboxylic acids is 1. The number of hydrogen-bond acceptors (Lipinski definition) is 4.